The second-order valence-corrected chi connectivity index (χ2v) is 6.05. The fourth-order valence-corrected chi connectivity index (χ4v) is 2.85. The average Bonchev–Trinajstić information content (AvgIpc) is 2.43. The number of benzene rings is 1. The Kier molecular flexibility index (Phi) is 4.53. The fourth-order valence-electron chi connectivity index (χ4n) is 1.74. The van der Waals surface area contributed by atoms with Crippen molar-refractivity contribution < 1.29 is 17.9 Å². The lowest BCUT2D eigenvalue weighted by molar-refractivity contribution is 0.285. The number of rotatable bonds is 6. The van der Waals surface area contributed by atoms with Crippen LogP contribution >= 0.6 is 0 Å². The molecule has 1 aromatic carbocycles. The maximum atomic E-state index is 12.0. The van der Waals surface area contributed by atoms with Crippen LogP contribution in [0.25, 0.3) is 11.0 Å². The van der Waals surface area contributed by atoms with Gasteiger partial charge >= 0.3 is 5.63 Å². The van der Waals surface area contributed by atoms with Crippen LogP contribution in [0.3, 0.4) is 0 Å². The summed E-state index contributed by atoms with van der Waals surface area (Å²) in [7, 11) is -3.59. The third-order valence-electron chi connectivity index (χ3n) is 2.78. The summed E-state index contributed by atoms with van der Waals surface area (Å²) in [6, 6.07) is 7.06. The third kappa shape index (κ3) is 3.44. The van der Waals surface area contributed by atoms with Crippen molar-refractivity contribution in [3.63, 3.8) is 0 Å². The predicted molar refractivity (Wildman–Crippen MR) is 74.0 cm³/mol. The number of hydrogen-bond donors (Lipinski definition) is 2. The van der Waals surface area contributed by atoms with E-state index < -0.39 is 15.6 Å². The molecule has 0 atom stereocenters. The van der Waals surface area contributed by atoms with Crippen molar-refractivity contribution in [3.8, 4) is 0 Å². The SMILES string of the molecule is O=c1ccc2cc(S(=O)(=O)NCCCCO)ccc2o1. The molecule has 0 spiro atoms. The van der Waals surface area contributed by atoms with Crippen LogP contribution in [-0.4, -0.2) is 26.7 Å². The first-order valence-corrected chi connectivity index (χ1v) is 7.66. The summed E-state index contributed by atoms with van der Waals surface area (Å²) in [5, 5.41) is 9.18. The van der Waals surface area contributed by atoms with Crippen LogP contribution in [0, 0.1) is 0 Å². The quantitative estimate of drug-likeness (QED) is 0.608. The van der Waals surface area contributed by atoms with Gasteiger partial charge in [0.25, 0.3) is 0 Å². The molecule has 108 valence electrons. The van der Waals surface area contributed by atoms with Crippen molar-refractivity contribution in [1.82, 2.24) is 4.72 Å². The molecule has 0 unspecified atom stereocenters. The zero-order valence-corrected chi connectivity index (χ0v) is 11.5. The number of hydrogen-bond acceptors (Lipinski definition) is 5. The van der Waals surface area contributed by atoms with Gasteiger partial charge in [-0.1, -0.05) is 0 Å². The summed E-state index contributed by atoms with van der Waals surface area (Å²) < 4.78 is 31.5. The zero-order valence-electron chi connectivity index (χ0n) is 10.7. The molecule has 0 aliphatic carbocycles. The molecule has 0 bridgehead atoms. The van der Waals surface area contributed by atoms with Crippen LogP contribution in [0.4, 0.5) is 0 Å². The summed E-state index contributed by atoms with van der Waals surface area (Å²) in [6.45, 7) is 0.307. The highest BCUT2D eigenvalue weighted by molar-refractivity contribution is 7.89. The first-order valence-electron chi connectivity index (χ1n) is 6.17. The minimum Gasteiger partial charge on any atom is -0.423 e. The van der Waals surface area contributed by atoms with Gasteiger partial charge in [0, 0.05) is 24.6 Å². The van der Waals surface area contributed by atoms with Crippen molar-refractivity contribution in [3.05, 3.63) is 40.8 Å². The molecule has 0 saturated heterocycles. The molecular weight excluding hydrogens is 282 g/mol. The van der Waals surface area contributed by atoms with E-state index in [2.05, 4.69) is 4.72 Å². The summed E-state index contributed by atoms with van der Waals surface area (Å²) in [4.78, 5) is 11.2. The molecule has 0 amide bonds. The van der Waals surface area contributed by atoms with Gasteiger partial charge in [-0.05, 0) is 37.1 Å². The van der Waals surface area contributed by atoms with E-state index >= 15 is 0 Å². The molecule has 2 N–H and O–H groups in total. The first-order chi connectivity index (χ1) is 9.53. The highest BCUT2D eigenvalue weighted by atomic mass is 32.2. The lowest BCUT2D eigenvalue weighted by atomic mass is 10.2. The maximum Gasteiger partial charge on any atom is 0.336 e. The van der Waals surface area contributed by atoms with Gasteiger partial charge in [-0.15, -0.1) is 0 Å². The summed E-state index contributed by atoms with van der Waals surface area (Å²) >= 11 is 0. The molecule has 0 aliphatic heterocycles. The monoisotopic (exact) mass is 297 g/mol. The lowest BCUT2D eigenvalue weighted by Gasteiger charge is -2.07. The Labute approximate surface area is 116 Å². The van der Waals surface area contributed by atoms with Crippen molar-refractivity contribution in [1.29, 1.82) is 0 Å². The van der Waals surface area contributed by atoms with Gasteiger partial charge in [-0.25, -0.2) is 17.9 Å². The molecule has 0 saturated carbocycles. The Bertz CT molecular complexity index is 751. The molecule has 1 heterocycles. The van der Waals surface area contributed by atoms with E-state index in [0.29, 0.717) is 23.8 Å². The van der Waals surface area contributed by atoms with Gasteiger partial charge in [0.1, 0.15) is 5.58 Å². The summed E-state index contributed by atoms with van der Waals surface area (Å²) in [6.07, 6.45) is 1.11. The predicted octanol–water partition coefficient (Wildman–Crippen LogP) is 0.844. The van der Waals surface area contributed by atoms with Gasteiger partial charge in [0.15, 0.2) is 0 Å². The zero-order chi connectivity index (χ0) is 14.6. The van der Waals surface area contributed by atoms with Crippen LogP contribution in [0.1, 0.15) is 12.8 Å². The standard InChI is InChI=1S/C13H15NO5S/c15-8-2-1-7-14-20(17,18)11-4-5-12-10(9-11)3-6-13(16)19-12/h3-6,9,14-15H,1-2,7-8H2. The van der Waals surface area contributed by atoms with Crippen LogP contribution in [0.5, 0.6) is 0 Å². The minimum absolute atomic E-state index is 0.0384. The van der Waals surface area contributed by atoms with Crippen molar-refractivity contribution >= 4 is 21.0 Å². The van der Waals surface area contributed by atoms with Crippen LogP contribution in [0.15, 0.2) is 44.4 Å². The van der Waals surface area contributed by atoms with E-state index in [0.717, 1.165) is 0 Å². The smallest absolute Gasteiger partial charge is 0.336 e. The Morgan fingerprint density at radius 1 is 1.15 bits per heavy atom. The number of nitrogens with one attached hydrogen (secondary N) is 1. The molecule has 2 rings (SSSR count). The number of unbranched alkanes of at least 4 members (excludes halogenated alkanes) is 1. The molecule has 20 heavy (non-hydrogen) atoms. The maximum absolute atomic E-state index is 12.0. The number of aliphatic hydroxyl groups is 1. The molecule has 0 radical (unpaired) electrons. The Balaban J connectivity index is 2.23. The average molecular weight is 297 g/mol. The molecule has 7 heteroatoms. The van der Waals surface area contributed by atoms with E-state index in [1.54, 1.807) is 0 Å². The normalized spacial score (nSPS) is 11.8. The van der Waals surface area contributed by atoms with E-state index in [9.17, 15) is 13.2 Å². The van der Waals surface area contributed by atoms with Crippen LogP contribution in [0.2, 0.25) is 0 Å². The highest BCUT2D eigenvalue weighted by Crippen LogP contribution is 2.17. The molecule has 6 nitrogen and oxygen atoms in total. The molecule has 1 aromatic heterocycles. The van der Waals surface area contributed by atoms with Gasteiger partial charge in [-0.3, -0.25) is 0 Å². The number of aliphatic hydroxyl groups excluding tert-OH is 1. The minimum atomic E-state index is -3.59. The molecule has 0 fully saturated rings. The Hall–Kier alpha value is -1.70. The largest absolute Gasteiger partial charge is 0.423 e. The van der Waals surface area contributed by atoms with Crippen molar-refractivity contribution in [2.24, 2.45) is 0 Å². The van der Waals surface area contributed by atoms with Crippen LogP contribution < -0.4 is 10.3 Å². The Morgan fingerprint density at radius 3 is 2.70 bits per heavy atom. The second kappa shape index (κ2) is 6.17. The van der Waals surface area contributed by atoms with E-state index in [1.807, 2.05) is 0 Å². The van der Waals surface area contributed by atoms with E-state index in [4.69, 9.17) is 9.52 Å². The van der Waals surface area contributed by atoms with Gasteiger partial charge in [-0.2, -0.15) is 0 Å². The fraction of sp³-hybridized carbons (Fsp3) is 0.308. The third-order valence-corrected chi connectivity index (χ3v) is 4.24. The molecule has 0 aliphatic rings. The summed E-state index contributed by atoms with van der Waals surface area (Å²) in [5.74, 6) is 0. The first kappa shape index (κ1) is 14.7. The highest BCUT2D eigenvalue weighted by Gasteiger charge is 2.14. The van der Waals surface area contributed by atoms with Gasteiger partial charge in [0.2, 0.25) is 10.0 Å². The second-order valence-electron chi connectivity index (χ2n) is 4.28. The van der Waals surface area contributed by atoms with E-state index in [1.165, 1.54) is 30.3 Å². The number of fused-ring (bicyclic) bond motifs is 1. The van der Waals surface area contributed by atoms with Crippen molar-refractivity contribution in [2.75, 3.05) is 13.2 Å². The van der Waals surface area contributed by atoms with Gasteiger partial charge < -0.3 is 9.52 Å². The lowest BCUT2D eigenvalue weighted by Crippen LogP contribution is -2.24. The molecular formula is C13H15NO5S. The topological polar surface area (TPSA) is 96.6 Å². The van der Waals surface area contributed by atoms with E-state index in [-0.39, 0.29) is 18.0 Å². The van der Waals surface area contributed by atoms with Crippen LogP contribution in [-0.2, 0) is 10.0 Å². The molecule has 2 aromatic rings. The van der Waals surface area contributed by atoms with Gasteiger partial charge in [0.05, 0.1) is 4.90 Å². The Morgan fingerprint density at radius 2 is 1.95 bits per heavy atom. The number of sulfonamides is 1. The van der Waals surface area contributed by atoms with Crippen molar-refractivity contribution in [2.45, 2.75) is 17.7 Å². The summed E-state index contributed by atoms with van der Waals surface area (Å²) in [5.41, 5.74) is -0.132.